The molecule has 0 radical (unpaired) electrons. The van der Waals surface area contributed by atoms with Gasteiger partial charge in [0.15, 0.2) is 5.78 Å². The molecule has 1 aliphatic rings. The fourth-order valence-corrected chi connectivity index (χ4v) is 2.51. The summed E-state index contributed by atoms with van der Waals surface area (Å²) >= 11 is 1.26. The normalized spacial score (nSPS) is 19.5. The number of amides is 1. The Hall–Kier alpha value is -1.55. The monoisotopic (exact) mass is 247 g/mol. The molecular weight excluding hydrogens is 234 g/mol. The maximum absolute atomic E-state index is 12.2. The van der Waals surface area contributed by atoms with Gasteiger partial charge in [-0.25, -0.2) is 0 Å². The number of Topliss-reactive ketones (excluding diaryl/α,β-unsaturated/α-hetero) is 1. The summed E-state index contributed by atoms with van der Waals surface area (Å²) in [6.45, 7) is 3.39. The van der Waals surface area contributed by atoms with Crippen LogP contribution in [0, 0.1) is 6.92 Å². The van der Waals surface area contributed by atoms with Gasteiger partial charge in [0.05, 0.1) is 5.69 Å². The fraction of sp³-hybridized carbons (Fsp3) is 0.231. The lowest BCUT2D eigenvalue weighted by atomic mass is 10.1. The Kier molecular flexibility index (Phi) is 3.33. The third-order valence-corrected chi connectivity index (χ3v) is 3.72. The van der Waals surface area contributed by atoms with Crippen molar-refractivity contribution in [3.05, 3.63) is 41.4 Å². The van der Waals surface area contributed by atoms with Gasteiger partial charge in [0, 0.05) is 6.20 Å². The number of anilines is 1. The van der Waals surface area contributed by atoms with Gasteiger partial charge in [-0.1, -0.05) is 18.2 Å². The zero-order chi connectivity index (χ0) is 12.4. The highest BCUT2D eigenvalue weighted by Gasteiger charge is 2.31. The zero-order valence-electron chi connectivity index (χ0n) is 9.71. The van der Waals surface area contributed by atoms with Gasteiger partial charge in [0.1, 0.15) is 5.25 Å². The average Bonchev–Trinajstić information content (AvgIpc) is 2.30. The van der Waals surface area contributed by atoms with Crippen molar-refractivity contribution >= 4 is 29.1 Å². The molecule has 4 heteroatoms. The van der Waals surface area contributed by atoms with Gasteiger partial charge in [0.2, 0.25) is 0 Å². The molecule has 0 aliphatic carbocycles. The standard InChI is InChI=1S/C13H13NO2S/c1-9-5-3-4-6-11(9)14-7-8-17-12(10(2)15)13(14)16/h3-8,12H,1-2H3. The summed E-state index contributed by atoms with van der Waals surface area (Å²) in [7, 11) is 0. The Labute approximate surface area is 104 Å². The number of carbonyl (C=O) groups is 2. The van der Waals surface area contributed by atoms with Crippen molar-refractivity contribution < 1.29 is 9.59 Å². The largest absolute Gasteiger partial charge is 0.298 e. The average molecular weight is 247 g/mol. The van der Waals surface area contributed by atoms with E-state index in [1.54, 1.807) is 16.5 Å². The molecule has 17 heavy (non-hydrogen) atoms. The third-order valence-electron chi connectivity index (χ3n) is 2.63. The summed E-state index contributed by atoms with van der Waals surface area (Å²) in [6.07, 6.45) is 1.72. The number of carbonyl (C=O) groups excluding carboxylic acids is 2. The Morgan fingerprint density at radius 3 is 2.71 bits per heavy atom. The van der Waals surface area contributed by atoms with E-state index in [4.69, 9.17) is 0 Å². The van der Waals surface area contributed by atoms with Gasteiger partial charge in [-0.2, -0.15) is 0 Å². The number of benzene rings is 1. The lowest BCUT2D eigenvalue weighted by Crippen LogP contribution is -2.39. The van der Waals surface area contributed by atoms with Crippen LogP contribution in [0.1, 0.15) is 12.5 Å². The smallest absolute Gasteiger partial charge is 0.252 e. The second-order valence-corrected chi connectivity index (χ2v) is 4.92. The Balaban J connectivity index is 2.37. The zero-order valence-corrected chi connectivity index (χ0v) is 10.5. The van der Waals surface area contributed by atoms with Crippen LogP contribution in [0.15, 0.2) is 35.9 Å². The summed E-state index contributed by atoms with van der Waals surface area (Å²) in [6, 6.07) is 7.63. The lowest BCUT2D eigenvalue weighted by Gasteiger charge is -2.26. The highest BCUT2D eigenvalue weighted by atomic mass is 32.2. The Bertz CT molecular complexity index is 496. The van der Waals surface area contributed by atoms with E-state index in [-0.39, 0.29) is 11.7 Å². The number of hydrogen-bond acceptors (Lipinski definition) is 3. The van der Waals surface area contributed by atoms with Crippen LogP contribution >= 0.6 is 11.8 Å². The minimum absolute atomic E-state index is 0.108. The van der Waals surface area contributed by atoms with E-state index in [9.17, 15) is 9.59 Å². The van der Waals surface area contributed by atoms with Crippen molar-refractivity contribution in [2.45, 2.75) is 19.1 Å². The van der Waals surface area contributed by atoms with Crippen molar-refractivity contribution in [2.24, 2.45) is 0 Å². The molecule has 0 bridgehead atoms. The van der Waals surface area contributed by atoms with Crippen molar-refractivity contribution in [1.82, 2.24) is 0 Å². The maximum atomic E-state index is 12.2. The van der Waals surface area contributed by atoms with Crippen molar-refractivity contribution in [3.8, 4) is 0 Å². The van der Waals surface area contributed by atoms with Crippen LogP contribution < -0.4 is 4.90 Å². The molecule has 1 atom stereocenters. The van der Waals surface area contributed by atoms with E-state index in [1.165, 1.54) is 18.7 Å². The summed E-state index contributed by atoms with van der Waals surface area (Å²) in [4.78, 5) is 25.1. The van der Waals surface area contributed by atoms with Crippen molar-refractivity contribution in [1.29, 1.82) is 0 Å². The van der Waals surface area contributed by atoms with Gasteiger partial charge in [0.25, 0.3) is 5.91 Å². The molecule has 1 aromatic rings. The second-order valence-electron chi connectivity index (χ2n) is 3.91. The molecular formula is C13H13NO2S. The van der Waals surface area contributed by atoms with Crippen LogP contribution in [0.4, 0.5) is 5.69 Å². The molecule has 1 aliphatic heterocycles. The van der Waals surface area contributed by atoms with Gasteiger partial charge in [-0.05, 0) is 30.9 Å². The van der Waals surface area contributed by atoms with Crippen molar-refractivity contribution in [2.75, 3.05) is 4.90 Å². The second kappa shape index (κ2) is 4.75. The molecule has 1 heterocycles. The number of nitrogens with zero attached hydrogens (tertiary/aromatic N) is 1. The van der Waals surface area contributed by atoms with Gasteiger partial charge >= 0.3 is 0 Å². The summed E-state index contributed by atoms with van der Waals surface area (Å²) in [5, 5.41) is 1.18. The van der Waals surface area contributed by atoms with E-state index < -0.39 is 5.25 Å². The first-order valence-electron chi connectivity index (χ1n) is 5.32. The van der Waals surface area contributed by atoms with Crippen LogP contribution in [0.3, 0.4) is 0 Å². The van der Waals surface area contributed by atoms with E-state index in [1.807, 2.05) is 31.2 Å². The SMILES string of the molecule is CC(=O)C1SC=CN(c2ccccc2C)C1=O. The first-order valence-corrected chi connectivity index (χ1v) is 6.27. The summed E-state index contributed by atoms with van der Waals surface area (Å²) < 4.78 is 0. The van der Waals surface area contributed by atoms with Gasteiger partial charge in [-0.3, -0.25) is 14.5 Å². The first kappa shape index (κ1) is 11.9. The first-order chi connectivity index (χ1) is 8.11. The molecule has 1 unspecified atom stereocenters. The predicted octanol–water partition coefficient (Wildman–Crippen LogP) is 2.50. The number of ketones is 1. The van der Waals surface area contributed by atoms with Crippen LogP contribution in [0.2, 0.25) is 0 Å². The van der Waals surface area contributed by atoms with Crippen LogP contribution in [-0.4, -0.2) is 16.9 Å². The summed E-state index contributed by atoms with van der Waals surface area (Å²) in [5.41, 5.74) is 1.85. The number of rotatable bonds is 2. The van der Waals surface area contributed by atoms with Gasteiger partial charge < -0.3 is 0 Å². The quantitative estimate of drug-likeness (QED) is 0.753. The molecule has 0 saturated heterocycles. The predicted molar refractivity (Wildman–Crippen MR) is 69.9 cm³/mol. The minimum atomic E-state index is -0.611. The molecule has 88 valence electrons. The topological polar surface area (TPSA) is 37.4 Å². The number of hydrogen-bond donors (Lipinski definition) is 0. The lowest BCUT2D eigenvalue weighted by molar-refractivity contribution is -0.124. The van der Waals surface area contributed by atoms with Gasteiger partial charge in [-0.15, -0.1) is 11.8 Å². The number of thioether (sulfide) groups is 1. The van der Waals surface area contributed by atoms with E-state index in [0.717, 1.165) is 11.3 Å². The Morgan fingerprint density at radius 1 is 1.35 bits per heavy atom. The highest BCUT2D eigenvalue weighted by molar-refractivity contribution is 8.04. The summed E-state index contributed by atoms with van der Waals surface area (Å²) in [5.74, 6) is -0.276. The molecule has 0 spiro atoms. The van der Waals surface area contributed by atoms with E-state index >= 15 is 0 Å². The van der Waals surface area contributed by atoms with Crippen LogP contribution in [0.25, 0.3) is 0 Å². The maximum Gasteiger partial charge on any atom is 0.252 e. The minimum Gasteiger partial charge on any atom is -0.298 e. The number of aryl methyl sites for hydroxylation is 1. The molecule has 1 amide bonds. The Morgan fingerprint density at radius 2 is 2.06 bits per heavy atom. The molecule has 2 rings (SSSR count). The van der Waals surface area contributed by atoms with Crippen molar-refractivity contribution in [3.63, 3.8) is 0 Å². The molecule has 0 saturated carbocycles. The van der Waals surface area contributed by atoms with E-state index in [0.29, 0.717) is 0 Å². The van der Waals surface area contributed by atoms with Crippen LogP contribution in [0.5, 0.6) is 0 Å². The third kappa shape index (κ3) is 2.26. The molecule has 0 fully saturated rings. The molecule has 0 aromatic heterocycles. The van der Waals surface area contributed by atoms with E-state index in [2.05, 4.69) is 0 Å². The molecule has 3 nitrogen and oxygen atoms in total. The molecule has 0 N–H and O–H groups in total. The fourth-order valence-electron chi connectivity index (χ4n) is 1.73. The highest BCUT2D eigenvalue weighted by Crippen LogP contribution is 2.28. The van der Waals surface area contributed by atoms with Crippen LogP contribution in [-0.2, 0) is 9.59 Å². The molecule has 1 aromatic carbocycles. The number of para-hydroxylation sites is 1.